The number of fused-ring (bicyclic) bond motifs is 1. The zero-order chi connectivity index (χ0) is 28.8. The first-order valence-electron chi connectivity index (χ1n) is 14.5. The highest BCUT2D eigenvalue weighted by molar-refractivity contribution is 5.98. The van der Waals surface area contributed by atoms with Gasteiger partial charge in [-0.25, -0.2) is 14.6 Å². The Morgan fingerprint density at radius 3 is 2.48 bits per heavy atom. The number of rotatable bonds is 10. The van der Waals surface area contributed by atoms with Gasteiger partial charge >= 0.3 is 12.0 Å². The number of benzene rings is 1. The molecule has 10 heteroatoms. The third-order valence-corrected chi connectivity index (χ3v) is 7.58. The molecule has 5 N–H and O–H groups in total. The van der Waals surface area contributed by atoms with Crippen LogP contribution in [0, 0.1) is 5.92 Å². The number of aromatic nitrogens is 3. The number of imide groups is 1. The van der Waals surface area contributed by atoms with Crippen LogP contribution in [0.1, 0.15) is 92.9 Å². The van der Waals surface area contributed by atoms with E-state index >= 15 is 0 Å². The van der Waals surface area contributed by atoms with Crippen LogP contribution in [0.5, 0.6) is 0 Å². The first-order valence-corrected chi connectivity index (χ1v) is 14.5. The summed E-state index contributed by atoms with van der Waals surface area (Å²) in [5, 5.41) is 10.9. The molecule has 2 aromatic heterocycles. The van der Waals surface area contributed by atoms with Crippen LogP contribution in [0.4, 0.5) is 4.79 Å². The minimum atomic E-state index is -1.15. The summed E-state index contributed by atoms with van der Waals surface area (Å²) in [6.45, 7) is 7.04. The van der Waals surface area contributed by atoms with E-state index in [1.165, 1.54) is 4.90 Å². The molecule has 40 heavy (non-hydrogen) atoms. The molecule has 10 nitrogen and oxygen atoms in total. The predicted molar refractivity (Wildman–Crippen MR) is 154 cm³/mol. The van der Waals surface area contributed by atoms with E-state index in [2.05, 4.69) is 15.0 Å². The Bertz CT molecular complexity index is 1320. The van der Waals surface area contributed by atoms with Crippen LogP contribution in [0.25, 0.3) is 10.9 Å². The molecule has 0 unspecified atom stereocenters. The third kappa shape index (κ3) is 6.55. The molecular weight excluding hydrogens is 508 g/mol. The predicted octanol–water partition coefficient (Wildman–Crippen LogP) is 5.02. The number of nitrogens with one attached hydrogen (secondary N) is 2. The lowest BCUT2D eigenvalue weighted by Crippen LogP contribution is -2.54. The van der Waals surface area contributed by atoms with E-state index < -0.39 is 30.0 Å². The molecular formula is C30H42N6O4. The maximum atomic E-state index is 14.3. The number of imidazole rings is 1. The molecule has 0 saturated carbocycles. The van der Waals surface area contributed by atoms with E-state index in [0.29, 0.717) is 38.0 Å². The number of nitrogens with two attached hydrogens (primary N) is 1. The van der Waals surface area contributed by atoms with Gasteiger partial charge in [-0.1, -0.05) is 58.2 Å². The quantitative estimate of drug-likeness (QED) is 0.278. The van der Waals surface area contributed by atoms with E-state index in [1.807, 2.05) is 51.2 Å². The Hall–Kier alpha value is -3.66. The lowest BCUT2D eigenvalue weighted by atomic mass is 9.99. The van der Waals surface area contributed by atoms with Crippen LogP contribution in [-0.4, -0.2) is 66.9 Å². The summed E-state index contributed by atoms with van der Waals surface area (Å²) in [5.41, 5.74) is 8.66. The second-order valence-corrected chi connectivity index (χ2v) is 11.2. The maximum absolute atomic E-state index is 14.3. The minimum absolute atomic E-state index is 0.0816. The average Bonchev–Trinajstić information content (AvgIpc) is 3.42. The number of aryl methyl sites for hydroxylation is 1. The smallest absolute Gasteiger partial charge is 0.356 e. The zero-order valence-corrected chi connectivity index (χ0v) is 23.8. The standard InChI is InChI=1S/C30H42N6O4/c1-4-11-24-26(29(38)39)34-27(33-24)25(17-20-18-32-23-13-8-7-12-21(20)23)36(28(37)22(31)16-19(2)3)30(40)35-14-9-5-6-10-15-35/h7-8,12-13,18-19,22,25,32H,4-6,9-11,14-17,31H2,1-3H3,(H,33,34)(H,38,39)/t22-,25+/m0/s1. The number of carboxylic acid groups (broad SMARTS) is 1. The van der Waals surface area contributed by atoms with E-state index in [9.17, 15) is 19.5 Å². The van der Waals surface area contributed by atoms with Gasteiger partial charge in [0.15, 0.2) is 5.69 Å². The van der Waals surface area contributed by atoms with Crippen LogP contribution in [0.2, 0.25) is 0 Å². The molecule has 1 aliphatic heterocycles. The lowest BCUT2D eigenvalue weighted by molar-refractivity contribution is -0.132. The Kier molecular flexibility index (Phi) is 9.63. The number of aromatic carboxylic acids is 1. The van der Waals surface area contributed by atoms with Gasteiger partial charge in [0.05, 0.1) is 6.04 Å². The monoisotopic (exact) mass is 550 g/mol. The van der Waals surface area contributed by atoms with Gasteiger partial charge < -0.3 is 25.7 Å². The van der Waals surface area contributed by atoms with Crippen LogP contribution in [-0.2, 0) is 17.6 Å². The molecule has 0 radical (unpaired) electrons. The number of carboxylic acids is 1. The summed E-state index contributed by atoms with van der Waals surface area (Å²) >= 11 is 0. The van der Waals surface area contributed by atoms with Crippen molar-refractivity contribution in [2.75, 3.05) is 13.1 Å². The Morgan fingerprint density at radius 1 is 1.12 bits per heavy atom. The highest BCUT2D eigenvalue weighted by Gasteiger charge is 2.39. The molecule has 3 amide bonds. The molecule has 0 spiro atoms. The fourth-order valence-corrected chi connectivity index (χ4v) is 5.60. The number of urea groups is 1. The number of nitrogens with zero attached hydrogens (tertiary/aromatic N) is 3. The largest absolute Gasteiger partial charge is 0.476 e. The molecule has 3 aromatic rings. The zero-order valence-electron chi connectivity index (χ0n) is 23.8. The number of amides is 3. The molecule has 3 heterocycles. The van der Waals surface area contributed by atoms with Crippen molar-refractivity contribution in [3.63, 3.8) is 0 Å². The molecule has 4 rings (SSSR count). The normalized spacial score (nSPS) is 15.7. The maximum Gasteiger partial charge on any atom is 0.356 e. The van der Waals surface area contributed by atoms with Crippen molar-refractivity contribution in [2.45, 2.75) is 84.2 Å². The summed E-state index contributed by atoms with van der Waals surface area (Å²) in [5.74, 6) is -1.19. The third-order valence-electron chi connectivity index (χ3n) is 7.58. The number of aromatic amines is 2. The summed E-state index contributed by atoms with van der Waals surface area (Å²) in [7, 11) is 0. The van der Waals surface area contributed by atoms with Gasteiger partial charge in [-0.15, -0.1) is 0 Å². The number of carbonyl (C=O) groups is 3. The molecule has 1 aliphatic rings. The summed E-state index contributed by atoms with van der Waals surface area (Å²) in [6, 6.07) is 5.67. The van der Waals surface area contributed by atoms with E-state index in [1.54, 1.807) is 4.90 Å². The van der Waals surface area contributed by atoms with Crippen molar-refractivity contribution in [2.24, 2.45) is 11.7 Å². The van der Waals surface area contributed by atoms with Crippen LogP contribution < -0.4 is 5.73 Å². The fourth-order valence-electron chi connectivity index (χ4n) is 5.60. The van der Waals surface area contributed by atoms with Crippen molar-refractivity contribution in [1.29, 1.82) is 0 Å². The van der Waals surface area contributed by atoms with Gasteiger partial charge in [0.1, 0.15) is 11.9 Å². The number of para-hydroxylation sites is 1. The van der Waals surface area contributed by atoms with Gasteiger partial charge in [0, 0.05) is 42.3 Å². The highest BCUT2D eigenvalue weighted by Crippen LogP contribution is 2.31. The van der Waals surface area contributed by atoms with Gasteiger partial charge in [-0.05, 0) is 43.2 Å². The van der Waals surface area contributed by atoms with Crippen LogP contribution >= 0.6 is 0 Å². The summed E-state index contributed by atoms with van der Waals surface area (Å²) in [6.07, 6.45) is 7.53. The molecule has 1 saturated heterocycles. The Balaban J connectivity index is 1.85. The molecule has 2 atom stereocenters. The van der Waals surface area contributed by atoms with Crippen molar-refractivity contribution in [1.82, 2.24) is 24.8 Å². The first-order chi connectivity index (χ1) is 19.2. The van der Waals surface area contributed by atoms with Gasteiger partial charge in [-0.3, -0.25) is 9.69 Å². The summed E-state index contributed by atoms with van der Waals surface area (Å²) in [4.78, 5) is 54.4. The van der Waals surface area contributed by atoms with Gasteiger partial charge in [-0.2, -0.15) is 0 Å². The van der Waals surface area contributed by atoms with Crippen molar-refractivity contribution in [3.8, 4) is 0 Å². The first kappa shape index (κ1) is 29.3. The Labute approximate surface area is 235 Å². The Morgan fingerprint density at radius 2 is 1.82 bits per heavy atom. The molecule has 1 aromatic carbocycles. The molecule has 1 fully saturated rings. The minimum Gasteiger partial charge on any atom is -0.476 e. The second kappa shape index (κ2) is 13.1. The SMILES string of the molecule is CCCc1[nH]c([C@@H](Cc2c[nH]c3ccccc23)N(C(=O)[C@@H](N)CC(C)C)C(=O)N2CCCCCC2)nc1C(=O)O. The van der Waals surface area contributed by atoms with Crippen molar-refractivity contribution >= 4 is 28.8 Å². The number of carbonyl (C=O) groups excluding carboxylic acids is 2. The van der Waals surface area contributed by atoms with E-state index in [4.69, 9.17) is 5.73 Å². The van der Waals surface area contributed by atoms with Crippen molar-refractivity contribution < 1.29 is 19.5 Å². The van der Waals surface area contributed by atoms with Crippen molar-refractivity contribution in [3.05, 3.63) is 53.2 Å². The summed E-state index contributed by atoms with van der Waals surface area (Å²) < 4.78 is 0. The molecule has 216 valence electrons. The molecule has 0 bridgehead atoms. The van der Waals surface area contributed by atoms with Crippen LogP contribution in [0.3, 0.4) is 0 Å². The number of hydrogen-bond acceptors (Lipinski definition) is 5. The number of likely N-dealkylation sites (tertiary alicyclic amines) is 1. The second-order valence-electron chi connectivity index (χ2n) is 11.2. The lowest BCUT2D eigenvalue weighted by Gasteiger charge is -2.35. The highest BCUT2D eigenvalue weighted by atomic mass is 16.4. The fraction of sp³-hybridized carbons (Fsp3) is 0.533. The van der Waals surface area contributed by atoms with Gasteiger partial charge in [0.2, 0.25) is 5.91 Å². The van der Waals surface area contributed by atoms with E-state index in [0.717, 1.165) is 42.1 Å². The molecule has 0 aliphatic carbocycles. The topological polar surface area (TPSA) is 148 Å². The number of H-pyrrole nitrogens is 2. The van der Waals surface area contributed by atoms with Crippen LogP contribution in [0.15, 0.2) is 30.5 Å². The number of hydrogen-bond donors (Lipinski definition) is 4. The van der Waals surface area contributed by atoms with E-state index in [-0.39, 0.29) is 23.9 Å². The average molecular weight is 551 g/mol. The van der Waals surface area contributed by atoms with Gasteiger partial charge in [0.25, 0.3) is 0 Å².